The fraction of sp³-hybridized carbons (Fsp3) is 0.462. The van der Waals surface area contributed by atoms with Crippen LogP contribution in [-0.4, -0.2) is 32.3 Å². The Balaban J connectivity index is 2.64. The average Bonchev–Trinajstić information content (AvgIpc) is 2.40. The molecule has 1 unspecified atom stereocenters. The molecule has 6 nitrogen and oxygen atoms in total. The van der Waals surface area contributed by atoms with Crippen molar-refractivity contribution in [2.45, 2.75) is 19.9 Å². The highest BCUT2D eigenvalue weighted by atomic mass is 16.5. The second-order valence-corrected chi connectivity index (χ2v) is 4.01. The van der Waals surface area contributed by atoms with Gasteiger partial charge in [0.25, 0.3) is 0 Å². The van der Waals surface area contributed by atoms with Gasteiger partial charge in [-0.1, -0.05) is 0 Å². The predicted molar refractivity (Wildman–Crippen MR) is 77.3 cm³/mol. The molecule has 0 radical (unpaired) electrons. The van der Waals surface area contributed by atoms with Crippen LogP contribution in [-0.2, 0) is 4.74 Å². The van der Waals surface area contributed by atoms with Gasteiger partial charge in [-0.15, -0.1) is 0 Å². The third-order valence-electron chi connectivity index (χ3n) is 2.32. The quantitative estimate of drug-likeness (QED) is 0.313. The molecule has 0 heterocycles. The molecule has 1 atom stereocenters. The first kappa shape index (κ1) is 15.3. The highest BCUT2D eigenvalue weighted by Crippen LogP contribution is 2.15. The average molecular weight is 266 g/mol. The molecule has 19 heavy (non-hydrogen) atoms. The number of methoxy groups -OCH3 is 1. The van der Waals surface area contributed by atoms with E-state index in [1.807, 2.05) is 38.1 Å². The van der Waals surface area contributed by atoms with Crippen LogP contribution in [0.5, 0.6) is 5.75 Å². The van der Waals surface area contributed by atoms with Gasteiger partial charge in [0.2, 0.25) is 5.96 Å². The molecule has 0 aromatic heterocycles. The minimum Gasteiger partial charge on any atom is -0.494 e. The number of aliphatic imine (C=N–C) groups is 1. The smallest absolute Gasteiger partial charge is 0.210 e. The van der Waals surface area contributed by atoms with Crippen molar-refractivity contribution in [2.24, 2.45) is 10.8 Å². The van der Waals surface area contributed by atoms with Crippen molar-refractivity contribution in [3.05, 3.63) is 24.3 Å². The highest BCUT2D eigenvalue weighted by molar-refractivity contribution is 5.93. The van der Waals surface area contributed by atoms with Gasteiger partial charge in [0.15, 0.2) is 0 Å². The zero-order valence-electron chi connectivity index (χ0n) is 11.6. The van der Waals surface area contributed by atoms with E-state index in [0.29, 0.717) is 19.2 Å². The summed E-state index contributed by atoms with van der Waals surface area (Å²) in [5, 5.41) is 3.09. The Hall–Kier alpha value is -1.79. The third kappa shape index (κ3) is 5.58. The maximum absolute atomic E-state index is 5.43. The number of anilines is 1. The fourth-order valence-electron chi connectivity index (χ4n) is 1.54. The number of nitrogens with two attached hydrogens (primary N) is 1. The van der Waals surface area contributed by atoms with Gasteiger partial charge < -0.3 is 14.8 Å². The summed E-state index contributed by atoms with van der Waals surface area (Å²) < 4.78 is 10.4. The molecule has 4 N–H and O–H groups in total. The van der Waals surface area contributed by atoms with Crippen LogP contribution in [0, 0.1) is 0 Å². The number of rotatable bonds is 6. The lowest BCUT2D eigenvalue weighted by Crippen LogP contribution is -2.37. The lowest BCUT2D eigenvalue weighted by molar-refractivity contribution is 0.185. The molecule has 0 saturated carbocycles. The van der Waals surface area contributed by atoms with Crippen LogP contribution in [0.15, 0.2) is 29.3 Å². The molecule has 0 aliphatic heterocycles. The molecule has 6 heteroatoms. The Morgan fingerprint density at radius 1 is 1.37 bits per heavy atom. The van der Waals surface area contributed by atoms with Crippen molar-refractivity contribution < 1.29 is 9.47 Å². The van der Waals surface area contributed by atoms with E-state index >= 15 is 0 Å². The van der Waals surface area contributed by atoms with Crippen molar-refractivity contribution in [1.29, 1.82) is 0 Å². The molecule has 0 bridgehead atoms. The van der Waals surface area contributed by atoms with Crippen molar-refractivity contribution in [2.75, 3.05) is 25.6 Å². The number of guanidine groups is 1. The molecule has 1 aromatic rings. The first-order chi connectivity index (χ1) is 9.19. The zero-order valence-corrected chi connectivity index (χ0v) is 11.6. The Kier molecular flexibility index (Phi) is 6.70. The molecule has 106 valence electrons. The van der Waals surface area contributed by atoms with Gasteiger partial charge in [0.1, 0.15) is 5.75 Å². The predicted octanol–water partition coefficient (Wildman–Crippen LogP) is 1.35. The van der Waals surface area contributed by atoms with E-state index in [1.54, 1.807) is 7.11 Å². The first-order valence-electron chi connectivity index (χ1n) is 6.22. The van der Waals surface area contributed by atoms with Crippen LogP contribution in [0.1, 0.15) is 13.8 Å². The van der Waals surface area contributed by atoms with E-state index < -0.39 is 0 Å². The van der Waals surface area contributed by atoms with Crippen molar-refractivity contribution in [3.63, 3.8) is 0 Å². The minimum atomic E-state index is 0.0197. The number of nitrogens with one attached hydrogen (secondary N) is 2. The number of ether oxygens (including phenoxy) is 2. The topological polar surface area (TPSA) is 80.9 Å². The van der Waals surface area contributed by atoms with Crippen LogP contribution < -0.4 is 21.3 Å². The minimum absolute atomic E-state index is 0.0197. The van der Waals surface area contributed by atoms with Crippen LogP contribution in [0.4, 0.5) is 5.69 Å². The first-order valence-corrected chi connectivity index (χ1v) is 6.22. The van der Waals surface area contributed by atoms with E-state index in [4.69, 9.17) is 15.3 Å². The summed E-state index contributed by atoms with van der Waals surface area (Å²) in [6.07, 6.45) is 0. The molecular formula is C13H22N4O2. The Labute approximate surface area is 114 Å². The van der Waals surface area contributed by atoms with Crippen molar-refractivity contribution in [3.8, 4) is 5.75 Å². The largest absolute Gasteiger partial charge is 0.494 e. The number of hydrazine groups is 1. The Morgan fingerprint density at radius 3 is 2.58 bits per heavy atom. The lowest BCUT2D eigenvalue weighted by atomic mass is 10.3. The molecule has 0 spiro atoms. The molecule has 0 aliphatic rings. The maximum Gasteiger partial charge on any atom is 0.210 e. The van der Waals surface area contributed by atoms with Gasteiger partial charge in [-0.05, 0) is 38.1 Å². The molecular weight excluding hydrogens is 244 g/mol. The summed E-state index contributed by atoms with van der Waals surface area (Å²) in [5.74, 6) is 6.76. The van der Waals surface area contributed by atoms with E-state index in [9.17, 15) is 0 Å². The van der Waals surface area contributed by atoms with Crippen LogP contribution in [0.2, 0.25) is 0 Å². The van der Waals surface area contributed by atoms with E-state index in [0.717, 1.165) is 11.4 Å². The van der Waals surface area contributed by atoms with Gasteiger partial charge in [0, 0.05) is 12.8 Å². The van der Waals surface area contributed by atoms with Gasteiger partial charge >= 0.3 is 0 Å². The van der Waals surface area contributed by atoms with Gasteiger partial charge in [-0.25, -0.2) is 10.8 Å². The Bertz CT molecular complexity index is 392. The van der Waals surface area contributed by atoms with Gasteiger partial charge in [-0.2, -0.15) is 0 Å². The van der Waals surface area contributed by atoms with E-state index in [-0.39, 0.29) is 6.04 Å². The summed E-state index contributed by atoms with van der Waals surface area (Å²) in [6.45, 7) is 5.08. The van der Waals surface area contributed by atoms with Crippen LogP contribution in [0.3, 0.4) is 0 Å². The fourth-order valence-corrected chi connectivity index (χ4v) is 1.54. The molecule has 0 fully saturated rings. The van der Waals surface area contributed by atoms with E-state index in [2.05, 4.69) is 15.7 Å². The lowest BCUT2D eigenvalue weighted by Gasteiger charge is -2.12. The number of benzene rings is 1. The molecule has 0 amide bonds. The normalized spacial score (nSPS) is 12.9. The highest BCUT2D eigenvalue weighted by Gasteiger charge is 2.03. The second-order valence-electron chi connectivity index (χ2n) is 4.01. The van der Waals surface area contributed by atoms with Gasteiger partial charge in [-0.3, -0.25) is 5.43 Å². The zero-order chi connectivity index (χ0) is 14.1. The summed E-state index contributed by atoms with van der Waals surface area (Å²) >= 11 is 0. The monoisotopic (exact) mass is 266 g/mol. The third-order valence-corrected chi connectivity index (χ3v) is 2.32. The maximum atomic E-state index is 5.43. The standard InChI is InChI=1S/C13H22N4O2/c1-4-19-12-7-5-11(6-8-12)16-13(17-14)15-10(2)9-18-3/h5-8,10H,4,9,14H2,1-3H3,(H2,15,16,17). The van der Waals surface area contributed by atoms with Crippen molar-refractivity contribution in [1.82, 2.24) is 5.43 Å². The molecule has 0 saturated heterocycles. The molecule has 1 aromatic carbocycles. The second kappa shape index (κ2) is 8.34. The number of nitrogens with zero attached hydrogens (tertiary/aromatic N) is 1. The number of hydrogen-bond acceptors (Lipinski definition) is 4. The molecule has 1 rings (SSSR count). The van der Waals surface area contributed by atoms with Crippen LogP contribution >= 0.6 is 0 Å². The van der Waals surface area contributed by atoms with Gasteiger partial charge in [0.05, 0.1) is 19.3 Å². The number of hydrogen-bond donors (Lipinski definition) is 3. The summed E-state index contributed by atoms with van der Waals surface area (Å²) in [6, 6.07) is 7.60. The SMILES string of the molecule is CCOc1ccc(NC(=NC(C)COC)NN)cc1. The van der Waals surface area contributed by atoms with E-state index in [1.165, 1.54) is 0 Å². The van der Waals surface area contributed by atoms with Crippen molar-refractivity contribution >= 4 is 11.6 Å². The summed E-state index contributed by atoms with van der Waals surface area (Å²) in [4.78, 5) is 4.35. The molecule has 0 aliphatic carbocycles. The van der Waals surface area contributed by atoms with Crippen LogP contribution in [0.25, 0.3) is 0 Å². The summed E-state index contributed by atoms with van der Waals surface area (Å²) in [7, 11) is 1.64. The summed E-state index contributed by atoms with van der Waals surface area (Å²) in [5.41, 5.74) is 3.41. The Morgan fingerprint density at radius 2 is 2.05 bits per heavy atom.